The van der Waals surface area contributed by atoms with Crippen molar-refractivity contribution in [3.8, 4) is 5.40 Å². The Bertz CT molecular complexity index is 381. The highest BCUT2D eigenvalue weighted by Crippen LogP contribution is 2.37. The van der Waals surface area contributed by atoms with Crippen LogP contribution in [0.4, 0.5) is 18.9 Å². The number of anilines is 1. The van der Waals surface area contributed by atoms with Gasteiger partial charge in [-0.2, -0.15) is 18.4 Å². The van der Waals surface area contributed by atoms with E-state index in [1.54, 1.807) is 5.40 Å². The number of benzene rings is 1. The highest BCUT2D eigenvalue weighted by atomic mass is 32.2. The average molecular weight is 218 g/mol. The average Bonchev–Trinajstić information content (AvgIpc) is 2.07. The molecule has 1 rings (SSSR count). The Morgan fingerprint density at radius 3 is 2.50 bits per heavy atom. The maximum Gasteiger partial charge on any atom is 0.417 e. The minimum absolute atomic E-state index is 0.0274. The van der Waals surface area contributed by atoms with Crippen LogP contribution in [-0.4, -0.2) is 0 Å². The number of nitriles is 1. The maximum absolute atomic E-state index is 12.4. The summed E-state index contributed by atoms with van der Waals surface area (Å²) in [6.45, 7) is 0. The van der Waals surface area contributed by atoms with Gasteiger partial charge in [-0.05, 0) is 30.0 Å². The van der Waals surface area contributed by atoms with Gasteiger partial charge < -0.3 is 5.73 Å². The molecule has 0 saturated heterocycles. The third-order valence-corrected chi connectivity index (χ3v) is 2.13. The van der Waals surface area contributed by atoms with Gasteiger partial charge in [-0.15, -0.1) is 0 Å². The van der Waals surface area contributed by atoms with Gasteiger partial charge in [0.1, 0.15) is 5.40 Å². The van der Waals surface area contributed by atoms with Gasteiger partial charge in [-0.1, -0.05) is 0 Å². The molecular formula is C8H5F3N2S. The number of nitrogens with two attached hydrogens (primary N) is 1. The molecule has 0 aliphatic heterocycles. The number of alkyl halides is 3. The summed E-state index contributed by atoms with van der Waals surface area (Å²) in [6, 6.07) is 3.33. The molecule has 0 bridgehead atoms. The Morgan fingerprint density at radius 1 is 1.36 bits per heavy atom. The first kappa shape index (κ1) is 10.7. The molecule has 2 nitrogen and oxygen atoms in total. The number of nitrogens with zero attached hydrogens (tertiary/aromatic N) is 1. The highest BCUT2D eigenvalue weighted by molar-refractivity contribution is 8.03. The third kappa shape index (κ3) is 2.33. The van der Waals surface area contributed by atoms with E-state index >= 15 is 0 Å². The Labute approximate surface area is 82.5 Å². The Morgan fingerprint density at radius 2 is 2.00 bits per heavy atom. The van der Waals surface area contributed by atoms with E-state index in [2.05, 4.69) is 0 Å². The summed E-state index contributed by atoms with van der Waals surface area (Å²) in [7, 11) is 0. The second-order valence-corrected chi connectivity index (χ2v) is 3.27. The lowest BCUT2D eigenvalue weighted by Crippen LogP contribution is -2.07. The van der Waals surface area contributed by atoms with Crippen LogP contribution < -0.4 is 5.73 Å². The van der Waals surface area contributed by atoms with Crippen LogP contribution >= 0.6 is 11.8 Å². The molecule has 2 N–H and O–H groups in total. The number of thiocyanates is 1. The van der Waals surface area contributed by atoms with Gasteiger partial charge in [-0.3, -0.25) is 0 Å². The third-order valence-electron chi connectivity index (χ3n) is 1.46. The largest absolute Gasteiger partial charge is 0.417 e. The van der Waals surface area contributed by atoms with E-state index in [4.69, 9.17) is 11.0 Å². The van der Waals surface area contributed by atoms with Crippen LogP contribution in [0.15, 0.2) is 23.1 Å². The minimum Gasteiger partial charge on any atom is -0.399 e. The van der Waals surface area contributed by atoms with Crippen molar-refractivity contribution in [3.63, 3.8) is 0 Å². The van der Waals surface area contributed by atoms with Crippen LogP contribution in [-0.2, 0) is 6.18 Å². The van der Waals surface area contributed by atoms with Crippen LogP contribution in [0.2, 0.25) is 0 Å². The van der Waals surface area contributed by atoms with Gasteiger partial charge in [0.2, 0.25) is 0 Å². The maximum atomic E-state index is 12.4. The summed E-state index contributed by atoms with van der Waals surface area (Å²) in [5, 5.41) is 9.89. The molecule has 0 aromatic heterocycles. The number of nitrogen functional groups attached to an aromatic ring is 1. The summed E-state index contributed by atoms with van der Waals surface area (Å²) in [5.74, 6) is 0. The van der Waals surface area contributed by atoms with Crippen molar-refractivity contribution < 1.29 is 13.2 Å². The molecule has 0 aliphatic rings. The molecule has 14 heavy (non-hydrogen) atoms. The smallest absolute Gasteiger partial charge is 0.399 e. The SMILES string of the molecule is N#CSc1ccc(N)cc1C(F)(F)F. The van der Waals surface area contributed by atoms with Crippen molar-refractivity contribution in [2.24, 2.45) is 0 Å². The molecule has 0 radical (unpaired) electrons. The molecule has 0 saturated carbocycles. The normalized spacial score (nSPS) is 11.0. The van der Waals surface area contributed by atoms with E-state index in [0.29, 0.717) is 11.8 Å². The van der Waals surface area contributed by atoms with E-state index in [1.165, 1.54) is 12.1 Å². The zero-order valence-electron chi connectivity index (χ0n) is 6.80. The van der Waals surface area contributed by atoms with Crippen LogP contribution in [0.1, 0.15) is 5.56 Å². The van der Waals surface area contributed by atoms with Crippen LogP contribution in [0.5, 0.6) is 0 Å². The molecule has 0 fully saturated rings. The standard InChI is InChI=1S/C8H5F3N2S/c9-8(10,11)6-3-5(13)1-2-7(6)14-4-12/h1-3H,13H2. The first-order chi connectivity index (χ1) is 6.45. The summed E-state index contributed by atoms with van der Waals surface area (Å²) in [6.07, 6.45) is -4.48. The molecule has 0 spiro atoms. The summed E-state index contributed by atoms with van der Waals surface area (Å²) in [4.78, 5) is -0.130. The zero-order chi connectivity index (χ0) is 10.8. The van der Waals surface area contributed by atoms with Crippen LogP contribution in [0, 0.1) is 10.7 Å². The predicted octanol–water partition coefficient (Wildman–Crippen LogP) is 2.86. The lowest BCUT2D eigenvalue weighted by Gasteiger charge is -2.10. The molecule has 0 atom stereocenters. The fourth-order valence-corrected chi connectivity index (χ4v) is 1.43. The first-order valence-electron chi connectivity index (χ1n) is 3.48. The number of thioether (sulfide) groups is 1. The zero-order valence-corrected chi connectivity index (χ0v) is 7.62. The molecule has 0 heterocycles. The van der Waals surface area contributed by atoms with Crippen molar-refractivity contribution in [1.82, 2.24) is 0 Å². The van der Waals surface area contributed by atoms with Crippen molar-refractivity contribution in [2.75, 3.05) is 5.73 Å². The fraction of sp³-hybridized carbons (Fsp3) is 0.125. The van der Waals surface area contributed by atoms with E-state index in [1.807, 2.05) is 0 Å². The van der Waals surface area contributed by atoms with E-state index < -0.39 is 11.7 Å². The number of rotatable bonds is 1. The quantitative estimate of drug-likeness (QED) is 0.448. The fourth-order valence-electron chi connectivity index (χ4n) is 0.907. The van der Waals surface area contributed by atoms with E-state index in [0.717, 1.165) is 6.07 Å². The lowest BCUT2D eigenvalue weighted by molar-refractivity contribution is -0.139. The Balaban J connectivity index is 3.24. The monoisotopic (exact) mass is 218 g/mol. The topological polar surface area (TPSA) is 49.8 Å². The second kappa shape index (κ2) is 3.80. The number of hydrogen-bond acceptors (Lipinski definition) is 3. The van der Waals surface area contributed by atoms with Gasteiger partial charge in [0, 0.05) is 10.6 Å². The van der Waals surface area contributed by atoms with Gasteiger partial charge in [-0.25, -0.2) is 0 Å². The van der Waals surface area contributed by atoms with E-state index in [-0.39, 0.29) is 10.6 Å². The number of halogens is 3. The molecule has 1 aromatic rings. The second-order valence-electron chi connectivity index (χ2n) is 2.45. The Hall–Kier alpha value is -1.35. The molecule has 1 aromatic carbocycles. The molecule has 6 heteroatoms. The Kier molecular flexibility index (Phi) is 2.91. The summed E-state index contributed by atoms with van der Waals surface area (Å²) >= 11 is 0.467. The molecule has 74 valence electrons. The molecule has 0 unspecified atom stereocenters. The highest BCUT2D eigenvalue weighted by Gasteiger charge is 2.33. The van der Waals surface area contributed by atoms with Gasteiger partial charge >= 0.3 is 6.18 Å². The summed E-state index contributed by atoms with van der Waals surface area (Å²) in [5.41, 5.74) is 4.38. The summed E-state index contributed by atoms with van der Waals surface area (Å²) < 4.78 is 37.1. The van der Waals surface area contributed by atoms with Crippen molar-refractivity contribution >= 4 is 17.4 Å². The van der Waals surface area contributed by atoms with Crippen LogP contribution in [0.3, 0.4) is 0 Å². The van der Waals surface area contributed by atoms with E-state index in [9.17, 15) is 13.2 Å². The van der Waals surface area contributed by atoms with Gasteiger partial charge in [0.25, 0.3) is 0 Å². The predicted molar refractivity (Wildman–Crippen MR) is 47.3 cm³/mol. The van der Waals surface area contributed by atoms with Crippen molar-refractivity contribution in [1.29, 1.82) is 5.26 Å². The van der Waals surface area contributed by atoms with Gasteiger partial charge in [0.05, 0.1) is 5.56 Å². The minimum atomic E-state index is -4.48. The first-order valence-corrected chi connectivity index (χ1v) is 4.29. The number of hydrogen-bond donors (Lipinski definition) is 1. The van der Waals surface area contributed by atoms with Crippen molar-refractivity contribution in [2.45, 2.75) is 11.1 Å². The van der Waals surface area contributed by atoms with Crippen molar-refractivity contribution in [3.05, 3.63) is 23.8 Å². The lowest BCUT2D eigenvalue weighted by atomic mass is 10.2. The van der Waals surface area contributed by atoms with Crippen LogP contribution in [0.25, 0.3) is 0 Å². The molecule has 0 aliphatic carbocycles. The molecule has 0 amide bonds. The molecular weight excluding hydrogens is 213 g/mol. The van der Waals surface area contributed by atoms with Gasteiger partial charge in [0.15, 0.2) is 0 Å².